The highest BCUT2D eigenvalue weighted by Gasteiger charge is 2.40. The van der Waals surface area contributed by atoms with E-state index in [1.807, 2.05) is 0 Å². The number of unbranched alkanes of at least 4 members (excludes halogenated alkanes) is 3. The van der Waals surface area contributed by atoms with Crippen molar-refractivity contribution in [3.05, 3.63) is 23.3 Å². The van der Waals surface area contributed by atoms with Crippen molar-refractivity contribution in [2.45, 2.75) is 84.0 Å². The van der Waals surface area contributed by atoms with Crippen LogP contribution in [0.2, 0.25) is 0 Å². The van der Waals surface area contributed by atoms with Crippen molar-refractivity contribution < 1.29 is 14.0 Å². The molecule has 1 fully saturated rings. The van der Waals surface area contributed by atoms with Gasteiger partial charge in [-0.15, -0.1) is 0 Å². The molecule has 3 rings (SSSR count). The third kappa shape index (κ3) is 5.56. The smallest absolute Gasteiger partial charge is 0.493 e. The predicted molar refractivity (Wildman–Crippen MR) is 122 cm³/mol. The molecule has 1 N–H and O–H groups in total. The molecule has 0 unspecified atom stereocenters. The van der Waals surface area contributed by atoms with Crippen molar-refractivity contribution >= 4 is 12.6 Å². The first-order chi connectivity index (χ1) is 13.8. The molecule has 1 aromatic rings. The molecule has 2 aliphatic rings. The second-order valence-corrected chi connectivity index (χ2v) is 9.94. The Kier molecular flexibility index (Phi) is 7.69. The van der Waals surface area contributed by atoms with E-state index in [1.165, 1.54) is 43.2 Å². The molecule has 0 atom stereocenters. The molecule has 0 bridgehead atoms. The fourth-order valence-electron chi connectivity index (χ4n) is 4.56. The lowest BCUT2D eigenvalue weighted by Gasteiger charge is -2.43. The summed E-state index contributed by atoms with van der Waals surface area (Å²) in [5.74, 6) is 1.04. The van der Waals surface area contributed by atoms with Crippen LogP contribution in [0.5, 0.6) is 5.75 Å². The van der Waals surface area contributed by atoms with Crippen LogP contribution in [0.25, 0.3) is 0 Å². The Morgan fingerprint density at radius 1 is 0.966 bits per heavy atom. The molecule has 1 aliphatic carbocycles. The van der Waals surface area contributed by atoms with E-state index >= 15 is 0 Å². The molecule has 1 aromatic carbocycles. The first-order valence-corrected chi connectivity index (χ1v) is 11.6. The van der Waals surface area contributed by atoms with Gasteiger partial charge in [-0.25, -0.2) is 0 Å². The fourth-order valence-corrected chi connectivity index (χ4v) is 4.56. The van der Waals surface area contributed by atoms with Gasteiger partial charge in [0.05, 0.1) is 6.61 Å². The molecule has 0 radical (unpaired) electrons. The topological polar surface area (TPSA) is 39.7 Å². The van der Waals surface area contributed by atoms with Gasteiger partial charge in [0.2, 0.25) is 0 Å². The summed E-state index contributed by atoms with van der Waals surface area (Å²) in [6.45, 7) is 15.5. The average molecular weight is 401 g/mol. The van der Waals surface area contributed by atoms with Crippen molar-refractivity contribution in [3.63, 3.8) is 0 Å². The van der Waals surface area contributed by atoms with Gasteiger partial charge in [-0.1, -0.05) is 59.9 Å². The summed E-state index contributed by atoms with van der Waals surface area (Å²) in [5.41, 5.74) is 4.14. The summed E-state index contributed by atoms with van der Waals surface area (Å²) < 4.78 is 18.5. The lowest BCUT2D eigenvalue weighted by atomic mass is 9.61. The van der Waals surface area contributed by atoms with Crippen LogP contribution < -0.4 is 15.5 Å². The van der Waals surface area contributed by atoms with Gasteiger partial charge in [0.15, 0.2) is 0 Å². The minimum atomic E-state index is -0.314. The van der Waals surface area contributed by atoms with Gasteiger partial charge in [-0.3, -0.25) is 0 Å². The van der Waals surface area contributed by atoms with E-state index in [2.05, 4.69) is 52.1 Å². The minimum Gasteiger partial charge on any atom is -0.493 e. The second-order valence-electron chi connectivity index (χ2n) is 9.94. The quantitative estimate of drug-likeness (QED) is 0.546. The van der Waals surface area contributed by atoms with Crippen LogP contribution in [0.4, 0.5) is 0 Å². The van der Waals surface area contributed by atoms with Crippen LogP contribution >= 0.6 is 0 Å². The molecule has 1 heterocycles. The average Bonchev–Trinajstić information content (AvgIpc) is 2.65. The van der Waals surface area contributed by atoms with Gasteiger partial charge in [-0.2, -0.15) is 0 Å². The number of nitrogens with one attached hydrogen (secondary N) is 1. The van der Waals surface area contributed by atoms with Crippen molar-refractivity contribution in [1.82, 2.24) is 5.32 Å². The van der Waals surface area contributed by atoms with E-state index in [1.54, 1.807) is 0 Å². The predicted octanol–water partition coefficient (Wildman–Crippen LogP) is 4.33. The van der Waals surface area contributed by atoms with Crippen LogP contribution in [0.15, 0.2) is 12.1 Å². The first kappa shape index (κ1) is 22.6. The number of hydrogen-bond acceptors (Lipinski definition) is 4. The highest BCUT2D eigenvalue weighted by Crippen LogP contribution is 2.49. The van der Waals surface area contributed by atoms with E-state index in [0.29, 0.717) is 13.2 Å². The number of benzene rings is 1. The standard InChI is InChI=1S/C24H40BNO3/c1-6-7-8-9-14-27-21-18-19(25-28-15-12-26-13-16-29-25)17-20-22(21)24(4,5)11-10-23(20,2)3/h17-18,26H,6-16H2,1-5H3. The van der Waals surface area contributed by atoms with Gasteiger partial charge >= 0.3 is 7.12 Å². The van der Waals surface area contributed by atoms with Crippen LogP contribution in [0.3, 0.4) is 0 Å². The third-order valence-corrected chi connectivity index (χ3v) is 6.53. The SMILES string of the molecule is CCCCCCOc1cc(B2OCCNCCO2)cc2c1C(C)(C)CCC2(C)C. The molecule has 4 nitrogen and oxygen atoms in total. The normalized spacial score (nSPS) is 21.2. The third-order valence-electron chi connectivity index (χ3n) is 6.53. The molecule has 0 saturated carbocycles. The zero-order valence-corrected chi connectivity index (χ0v) is 19.2. The number of ether oxygens (including phenoxy) is 1. The fraction of sp³-hybridized carbons (Fsp3) is 0.750. The van der Waals surface area contributed by atoms with E-state index < -0.39 is 0 Å². The summed E-state index contributed by atoms with van der Waals surface area (Å²) in [6.07, 6.45) is 7.23. The Labute approximate surface area is 178 Å². The maximum atomic E-state index is 6.44. The Morgan fingerprint density at radius 3 is 2.34 bits per heavy atom. The second kappa shape index (κ2) is 9.85. The Bertz CT molecular complexity index is 666. The molecule has 162 valence electrons. The van der Waals surface area contributed by atoms with E-state index in [9.17, 15) is 0 Å². The van der Waals surface area contributed by atoms with Crippen LogP contribution in [-0.4, -0.2) is 40.0 Å². The van der Waals surface area contributed by atoms with Gasteiger partial charge in [-0.05, 0) is 47.2 Å². The molecular formula is C24H40BNO3. The van der Waals surface area contributed by atoms with Gasteiger partial charge in [0.25, 0.3) is 0 Å². The zero-order valence-electron chi connectivity index (χ0n) is 19.2. The summed E-state index contributed by atoms with van der Waals surface area (Å²) in [6, 6.07) is 4.53. The van der Waals surface area contributed by atoms with Crippen molar-refractivity contribution in [2.75, 3.05) is 32.9 Å². The number of rotatable bonds is 7. The lowest BCUT2D eigenvalue weighted by molar-refractivity contribution is 0.187. The molecule has 29 heavy (non-hydrogen) atoms. The van der Waals surface area contributed by atoms with Gasteiger partial charge < -0.3 is 19.4 Å². The van der Waals surface area contributed by atoms with Gasteiger partial charge in [0, 0.05) is 31.9 Å². The highest BCUT2D eigenvalue weighted by molar-refractivity contribution is 6.61. The Hall–Kier alpha value is -1.04. The minimum absolute atomic E-state index is 0.120. The Morgan fingerprint density at radius 2 is 1.66 bits per heavy atom. The summed E-state index contributed by atoms with van der Waals surface area (Å²) >= 11 is 0. The molecule has 0 amide bonds. The van der Waals surface area contributed by atoms with E-state index in [-0.39, 0.29) is 17.9 Å². The zero-order chi connectivity index (χ0) is 20.9. The molecule has 0 spiro atoms. The van der Waals surface area contributed by atoms with Crippen molar-refractivity contribution in [1.29, 1.82) is 0 Å². The van der Waals surface area contributed by atoms with Crippen LogP contribution in [0, 0.1) is 0 Å². The van der Waals surface area contributed by atoms with Crippen LogP contribution in [0.1, 0.15) is 84.3 Å². The summed E-state index contributed by atoms with van der Waals surface area (Å²) in [4.78, 5) is 0. The van der Waals surface area contributed by atoms with Crippen molar-refractivity contribution in [3.8, 4) is 5.75 Å². The molecular weight excluding hydrogens is 361 g/mol. The Balaban J connectivity index is 1.94. The lowest BCUT2D eigenvalue weighted by Crippen LogP contribution is -2.44. The van der Waals surface area contributed by atoms with Crippen LogP contribution in [-0.2, 0) is 20.1 Å². The molecule has 1 saturated heterocycles. The van der Waals surface area contributed by atoms with Crippen molar-refractivity contribution in [2.24, 2.45) is 0 Å². The molecule has 0 aromatic heterocycles. The highest BCUT2D eigenvalue weighted by atomic mass is 16.6. The number of hydrogen-bond donors (Lipinski definition) is 1. The summed E-state index contributed by atoms with van der Waals surface area (Å²) in [7, 11) is -0.314. The first-order valence-electron chi connectivity index (χ1n) is 11.6. The van der Waals surface area contributed by atoms with E-state index in [0.717, 1.165) is 37.3 Å². The monoisotopic (exact) mass is 401 g/mol. The molecule has 5 heteroatoms. The maximum Gasteiger partial charge on any atom is 0.494 e. The number of fused-ring (bicyclic) bond motifs is 1. The maximum absolute atomic E-state index is 6.44. The summed E-state index contributed by atoms with van der Waals surface area (Å²) in [5, 5.41) is 3.31. The van der Waals surface area contributed by atoms with Gasteiger partial charge in [0.1, 0.15) is 5.75 Å². The molecule has 1 aliphatic heterocycles. The van der Waals surface area contributed by atoms with E-state index in [4.69, 9.17) is 14.0 Å². The largest absolute Gasteiger partial charge is 0.494 e.